The summed E-state index contributed by atoms with van der Waals surface area (Å²) in [7, 11) is 1.57. The van der Waals surface area contributed by atoms with Gasteiger partial charge in [-0.1, -0.05) is 12.1 Å². The fourth-order valence-corrected chi connectivity index (χ4v) is 1.91. The quantitative estimate of drug-likeness (QED) is 0.739. The van der Waals surface area contributed by atoms with Crippen molar-refractivity contribution in [2.24, 2.45) is 5.41 Å². The lowest BCUT2D eigenvalue weighted by atomic mass is 9.94. The van der Waals surface area contributed by atoms with Crippen molar-refractivity contribution in [2.45, 2.75) is 20.0 Å². The molecule has 0 heterocycles. The van der Waals surface area contributed by atoms with E-state index in [0.717, 1.165) is 6.07 Å². The summed E-state index contributed by atoms with van der Waals surface area (Å²) in [6.45, 7) is 3.55. The second-order valence-electron chi connectivity index (χ2n) is 5.59. The molecule has 1 aromatic rings. The van der Waals surface area contributed by atoms with Gasteiger partial charge in [0.1, 0.15) is 12.4 Å². The number of carbonyl (C=O) groups is 1. The van der Waals surface area contributed by atoms with Crippen molar-refractivity contribution >= 4 is 17.5 Å². The zero-order valence-corrected chi connectivity index (χ0v) is 13.5. The zero-order chi connectivity index (χ0) is 17.0. The molecule has 0 atom stereocenters. The summed E-state index contributed by atoms with van der Waals surface area (Å²) < 4.78 is 43.6. The third-order valence-electron chi connectivity index (χ3n) is 3.14. The van der Waals surface area contributed by atoms with Crippen molar-refractivity contribution in [3.05, 3.63) is 29.8 Å². The van der Waals surface area contributed by atoms with Crippen LogP contribution in [0.5, 0.6) is 5.75 Å². The van der Waals surface area contributed by atoms with Gasteiger partial charge in [-0.15, -0.1) is 11.6 Å². The fourth-order valence-electron chi connectivity index (χ4n) is 1.79. The van der Waals surface area contributed by atoms with Gasteiger partial charge in [0.05, 0.1) is 17.5 Å². The molecule has 0 N–H and O–H groups in total. The van der Waals surface area contributed by atoms with Crippen molar-refractivity contribution in [3.63, 3.8) is 0 Å². The number of alkyl halides is 4. The standard InChI is InChI=1S/C15H19ClF3NO2/c1-14(2,10-16)13(21)20(3)8-9-22-12-7-5-4-6-11(12)15(17,18)19/h4-7H,8-10H2,1-3H3. The van der Waals surface area contributed by atoms with Crippen molar-refractivity contribution < 1.29 is 22.7 Å². The van der Waals surface area contributed by atoms with E-state index in [-0.39, 0.29) is 30.7 Å². The largest absolute Gasteiger partial charge is 0.491 e. The summed E-state index contributed by atoms with van der Waals surface area (Å²) >= 11 is 5.73. The van der Waals surface area contributed by atoms with Crippen molar-refractivity contribution in [1.82, 2.24) is 4.90 Å². The van der Waals surface area contributed by atoms with E-state index >= 15 is 0 Å². The molecule has 0 bridgehead atoms. The predicted octanol–water partition coefficient (Wildman–Crippen LogP) is 3.81. The second-order valence-corrected chi connectivity index (χ2v) is 5.85. The average Bonchev–Trinajstić information content (AvgIpc) is 2.45. The van der Waals surface area contributed by atoms with Crippen LogP contribution in [0, 0.1) is 5.41 Å². The molecular weight excluding hydrogens is 319 g/mol. The SMILES string of the molecule is CN(CCOc1ccccc1C(F)(F)F)C(=O)C(C)(C)CCl. The molecule has 1 amide bonds. The molecule has 0 fully saturated rings. The fraction of sp³-hybridized carbons (Fsp3) is 0.533. The van der Waals surface area contributed by atoms with E-state index < -0.39 is 17.2 Å². The molecule has 0 aliphatic heterocycles. The molecule has 7 heteroatoms. The number of nitrogens with zero attached hydrogens (tertiary/aromatic N) is 1. The number of benzene rings is 1. The van der Waals surface area contributed by atoms with Gasteiger partial charge in [-0.2, -0.15) is 13.2 Å². The van der Waals surface area contributed by atoms with Crippen molar-refractivity contribution in [1.29, 1.82) is 0 Å². The predicted molar refractivity (Wildman–Crippen MR) is 79.1 cm³/mol. The van der Waals surface area contributed by atoms with E-state index in [4.69, 9.17) is 16.3 Å². The third kappa shape index (κ3) is 4.80. The van der Waals surface area contributed by atoms with Crippen LogP contribution >= 0.6 is 11.6 Å². The molecule has 0 saturated carbocycles. The molecule has 0 aliphatic rings. The molecule has 0 saturated heterocycles. The number of hydrogen-bond acceptors (Lipinski definition) is 2. The Balaban J connectivity index is 2.64. The minimum absolute atomic E-state index is 0.0340. The average molecular weight is 338 g/mol. The van der Waals surface area contributed by atoms with Crippen LogP contribution in [-0.4, -0.2) is 36.9 Å². The molecule has 0 unspecified atom stereocenters. The smallest absolute Gasteiger partial charge is 0.419 e. The Hall–Kier alpha value is -1.43. The number of ether oxygens (including phenoxy) is 1. The number of halogens is 4. The lowest BCUT2D eigenvalue weighted by Crippen LogP contribution is -2.41. The Morgan fingerprint density at radius 2 is 1.86 bits per heavy atom. The van der Waals surface area contributed by atoms with Crippen LogP contribution in [0.25, 0.3) is 0 Å². The topological polar surface area (TPSA) is 29.5 Å². The molecular formula is C15H19ClF3NO2. The molecule has 1 aromatic carbocycles. The Labute approximate surface area is 133 Å². The first-order chi connectivity index (χ1) is 10.1. The van der Waals surface area contributed by atoms with Gasteiger partial charge in [0.15, 0.2) is 0 Å². The minimum Gasteiger partial charge on any atom is -0.491 e. The molecule has 0 aliphatic carbocycles. The van der Waals surface area contributed by atoms with Crippen LogP contribution in [0.15, 0.2) is 24.3 Å². The Bertz CT molecular complexity index is 518. The summed E-state index contributed by atoms with van der Waals surface area (Å²) in [4.78, 5) is 13.5. The highest BCUT2D eigenvalue weighted by atomic mass is 35.5. The summed E-state index contributed by atoms with van der Waals surface area (Å²) in [5, 5.41) is 0. The number of hydrogen-bond donors (Lipinski definition) is 0. The van der Waals surface area contributed by atoms with Crippen LogP contribution in [0.1, 0.15) is 19.4 Å². The van der Waals surface area contributed by atoms with Crippen molar-refractivity contribution in [3.8, 4) is 5.75 Å². The summed E-state index contributed by atoms with van der Waals surface area (Å²) in [6, 6.07) is 4.98. The van der Waals surface area contributed by atoms with E-state index in [1.54, 1.807) is 20.9 Å². The molecule has 1 rings (SSSR count). The first-order valence-corrected chi connectivity index (χ1v) is 7.23. The number of amides is 1. The normalized spacial score (nSPS) is 12.1. The van der Waals surface area contributed by atoms with Gasteiger partial charge in [0, 0.05) is 12.9 Å². The van der Waals surface area contributed by atoms with Gasteiger partial charge >= 0.3 is 6.18 Å². The van der Waals surface area contributed by atoms with Crippen LogP contribution in [0.3, 0.4) is 0 Å². The molecule has 0 spiro atoms. The monoisotopic (exact) mass is 337 g/mol. The Morgan fingerprint density at radius 3 is 2.41 bits per heavy atom. The summed E-state index contributed by atoms with van der Waals surface area (Å²) in [5.41, 5.74) is -1.55. The van der Waals surface area contributed by atoms with Gasteiger partial charge in [-0.25, -0.2) is 0 Å². The van der Waals surface area contributed by atoms with Crippen LogP contribution in [0.4, 0.5) is 13.2 Å². The summed E-state index contributed by atoms with van der Waals surface area (Å²) in [6.07, 6.45) is -4.47. The molecule has 3 nitrogen and oxygen atoms in total. The van der Waals surface area contributed by atoms with Gasteiger partial charge < -0.3 is 9.64 Å². The molecule has 0 aromatic heterocycles. The van der Waals surface area contributed by atoms with Crippen molar-refractivity contribution in [2.75, 3.05) is 26.1 Å². The zero-order valence-electron chi connectivity index (χ0n) is 12.7. The third-order valence-corrected chi connectivity index (χ3v) is 3.80. The number of rotatable bonds is 6. The lowest BCUT2D eigenvalue weighted by molar-refractivity contribution is -0.140. The Kier molecular flexibility index (Phi) is 6.11. The maximum atomic E-state index is 12.8. The lowest BCUT2D eigenvalue weighted by Gasteiger charge is -2.27. The molecule has 22 heavy (non-hydrogen) atoms. The van der Waals surface area contributed by atoms with Gasteiger partial charge in [0.2, 0.25) is 5.91 Å². The maximum Gasteiger partial charge on any atom is 0.419 e. The highest BCUT2D eigenvalue weighted by molar-refractivity contribution is 6.19. The number of para-hydroxylation sites is 1. The summed E-state index contributed by atoms with van der Waals surface area (Å²) in [5.74, 6) is -0.267. The van der Waals surface area contributed by atoms with Gasteiger partial charge in [0.25, 0.3) is 0 Å². The highest BCUT2D eigenvalue weighted by Gasteiger charge is 2.34. The maximum absolute atomic E-state index is 12.8. The second kappa shape index (κ2) is 7.22. The van der Waals surface area contributed by atoms with E-state index in [0.29, 0.717) is 0 Å². The first kappa shape index (κ1) is 18.6. The van der Waals surface area contributed by atoms with Gasteiger partial charge in [-0.05, 0) is 26.0 Å². The van der Waals surface area contributed by atoms with Crippen LogP contribution in [0.2, 0.25) is 0 Å². The first-order valence-electron chi connectivity index (χ1n) is 6.70. The van der Waals surface area contributed by atoms with E-state index in [2.05, 4.69) is 0 Å². The minimum atomic E-state index is -4.47. The molecule has 0 radical (unpaired) electrons. The number of carbonyl (C=O) groups excluding carboxylic acids is 1. The molecule has 124 valence electrons. The highest BCUT2D eigenvalue weighted by Crippen LogP contribution is 2.35. The van der Waals surface area contributed by atoms with E-state index in [9.17, 15) is 18.0 Å². The number of likely N-dealkylation sites (N-methyl/N-ethyl adjacent to an activating group) is 1. The van der Waals surface area contributed by atoms with Gasteiger partial charge in [-0.3, -0.25) is 4.79 Å². The van der Waals surface area contributed by atoms with E-state index in [1.165, 1.54) is 23.1 Å². The van der Waals surface area contributed by atoms with Crippen LogP contribution in [-0.2, 0) is 11.0 Å². The van der Waals surface area contributed by atoms with Crippen LogP contribution < -0.4 is 4.74 Å². The van der Waals surface area contributed by atoms with E-state index in [1.807, 2.05) is 0 Å². The Morgan fingerprint density at radius 1 is 1.27 bits per heavy atom.